The Morgan fingerprint density at radius 3 is 1.90 bits per heavy atom. The summed E-state index contributed by atoms with van der Waals surface area (Å²) in [5.41, 5.74) is 11.5. The molecule has 0 unspecified atom stereocenters. The van der Waals surface area contributed by atoms with Gasteiger partial charge in [-0.15, -0.1) is 0 Å². The molecular formula is C34H39N11O4. The minimum Gasteiger partial charge on any atom is -0.392 e. The molecule has 0 spiro atoms. The van der Waals surface area contributed by atoms with E-state index in [0.717, 1.165) is 22.4 Å². The predicted molar refractivity (Wildman–Crippen MR) is 184 cm³/mol. The van der Waals surface area contributed by atoms with Gasteiger partial charge in [-0.05, 0) is 76.9 Å². The fourth-order valence-electron chi connectivity index (χ4n) is 6.07. The number of nitrogens with one attached hydrogen (secondary N) is 2. The summed E-state index contributed by atoms with van der Waals surface area (Å²) in [7, 11) is 0. The topological polar surface area (TPSA) is 193 Å². The molecule has 15 nitrogen and oxygen atoms in total. The number of benzene rings is 2. The average molecular weight is 666 g/mol. The third-order valence-electron chi connectivity index (χ3n) is 8.40. The number of nitrogens with two attached hydrogens (primary N) is 1. The van der Waals surface area contributed by atoms with E-state index in [0.29, 0.717) is 84.5 Å². The zero-order valence-electron chi connectivity index (χ0n) is 27.9. The second-order valence-electron chi connectivity index (χ2n) is 11.8. The molecule has 0 saturated carbocycles. The number of primary amides is 1. The number of aromatic nitrogens is 8. The van der Waals surface area contributed by atoms with E-state index >= 15 is 0 Å². The summed E-state index contributed by atoms with van der Waals surface area (Å²) in [4.78, 5) is 48.0. The molecular weight excluding hydrogens is 626 g/mol. The summed E-state index contributed by atoms with van der Waals surface area (Å²) in [5, 5.41) is 24.7. The Kier molecular flexibility index (Phi) is 9.27. The number of unbranched alkanes of at least 4 members (excludes halogenated alkanes) is 1. The Bertz CT molecular complexity index is 2200. The highest BCUT2D eigenvalue weighted by atomic mass is 16.3. The number of carbonyl (C=O) groups is 3. The zero-order chi connectivity index (χ0) is 34.8. The molecule has 15 heteroatoms. The van der Waals surface area contributed by atoms with Gasteiger partial charge in [-0.2, -0.15) is 10.2 Å². The van der Waals surface area contributed by atoms with Gasteiger partial charge in [-0.25, -0.2) is 9.97 Å². The van der Waals surface area contributed by atoms with Crippen LogP contribution in [0.25, 0.3) is 22.1 Å². The van der Waals surface area contributed by atoms with Crippen LogP contribution in [-0.4, -0.2) is 61.5 Å². The molecule has 4 heterocycles. The van der Waals surface area contributed by atoms with Crippen LogP contribution in [0, 0.1) is 13.8 Å². The third-order valence-corrected chi connectivity index (χ3v) is 8.40. The van der Waals surface area contributed by atoms with Crippen molar-refractivity contribution in [1.29, 1.82) is 0 Å². The number of imidazole rings is 2. The average Bonchev–Trinajstić information content (AvgIpc) is 3.85. The van der Waals surface area contributed by atoms with Gasteiger partial charge in [0.05, 0.1) is 40.1 Å². The van der Waals surface area contributed by atoms with Crippen molar-refractivity contribution >= 4 is 51.7 Å². The van der Waals surface area contributed by atoms with Crippen molar-refractivity contribution in [2.75, 3.05) is 10.6 Å². The number of hydrogen-bond acceptors (Lipinski definition) is 8. The minimum absolute atomic E-state index is 0.193. The van der Waals surface area contributed by atoms with Crippen LogP contribution in [0.15, 0.2) is 48.5 Å². The van der Waals surface area contributed by atoms with Gasteiger partial charge in [0.1, 0.15) is 11.4 Å². The molecule has 0 atom stereocenters. The fraction of sp³-hybridized carbons (Fsp3) is 0.324. The second-order valence-corrected chi connectivity index (χ2v) is 11.8. The highest BCUT2D eigenvalue weighted by Gasteiger charge is 2.21. The highest BCUT2D eigenvalue weighted by molar-refractivity contribution is 6.04. The van der Waals surface area contributed by atoms with E-state index in [9.17, 15) is 19.5 Å². The molecule has 0 fully saturated rings. The van der Waals surface area contributed by atoms with Gasteiger partial charge in [-0.3, -0.25) is 34.4 Å². The first-order valence-electron chi connectivity index (χ1n) is 16.2. The Morgan fingerprint density at radius 2 is 1.35 bits per heavy atom. The Morgan fingerprint density at radius 1 is 0.776 bits per heavy atom. The standard InChI is InChI=1S/C34H39N11O4/c1-5-44-27(16-20(3)40-44)31(48)38-33-36-24-18-22(30(35)47)12-13-25(24)42(33)14-7-8-15-43-26-11-9-10-23(19-46)29(26)37-34(43)39-32(49)28-17-21(4)41-45(28)6-2/h9-13,16-18,46H,5-8,14-15,19H2,1-4H3,(H2,35,47)(H,36,38,48)(H,37,39,49). The van der Waals surface area contributed by atoms with Crippen molar-refractivity contribution in [1.82, 2.24) is 38.7 Å². The van der Waals surface area contributed by atoms with E-state index in [1.54, 1.807) is 45.8 Å². The maximum Gasteiger partial charge on any atom is 0.276 e. The molecule has 5 N–H and O–H groups in total. The van der Waals surface area contributed by atoms with Crippen LogP contribution in [0.2, 0.25) is 0 Å². The minimum atomic E-state index is -0.571. The number of amides is 3. The van der Waals surface area contributed by atoms with E-state index in [-0.39, 0.29) is 18.4 Å². The molecule has 49 heavy (non-hydrogen) atoms. The first kappa shape index (κ1) is 33.1. The molecule has 0 radical (unpaired) electrons. The zero-order valence-corrected chi connectivity index (χ0v) is 27.9. The number of nitrogens with zero attached hydrogens (tertiary/aromatic N) is 8. The number of carbonyl (C=O) groups excluding carboxylic acids is 3. The first-order chi connectivity index (χ1) is 23.6. The number of para-hydroxylation sites is 1. The van der Waals surface area contributed by atoms with Crippen LogP contribution in [0.1, 0.15) is 75.0 Å². The largest absolute Gasteiger partial charge is 0.392 e. The molecule has 6 aromatic rings. The monoisotopic (exact) mass is 665 g/mol. The Hall–Kier alpha value is -5.83. The second kappa shape index (κ2) is 13.7. The molecule has 0 bridgehead atoms. The molecule has 254 valence electrons. The van der Waals surface area contributed by atoms with Gasteiger partial charge in [0.15, 0.2) is 0 Å². The van der Waals surface area contributed by atoms with Crippen LogP contribution in [0.3, 0.4) is 0 Å². The van der Waals surface area contributed by atoms with Crippen molar-refractivity contribution in [3.8, 4) is 0 Å². The fourth-order valence-corrected chi connectivity index (χ4v) is 6.07. The van der Waals surface area contributed by atoms with Gasteiger partial charge in [0.2, 0.25) is 17.8 Å². The molecule has 4 aromatic heterocycles. The summed E-state index contributed by atoms with van der Waals surface area (Å²) < 4.78 is 7.12. The molecule has 0 aliphatic rings. The Balaban J connectivity index is 1.26. The summed E-state index contributed by atoms with van der Waals surface area (Å²) in [5.74, 6) is -0.549. The van der Waals surface area contributed by atoms with E-state index in [1.807, 2.05) is 49.0 Å². The molecule has 0 aliphatic carbocycles. The van der Waals surface area contributed by atoms with E-state index < -0.39 is 5.91 Å². The number of aliphatic hydroxyl groups excluding tert-OH is 1. The van der Waals surface area contributed by atoms with Crippen LogP contribution >= 0.6 is 0 Å². The number of rotatable bonds is 13. The van der Waals surface area contributed by atoms with Crippen molar-refractivity contribution < 1.29 is 19.5 Å². The predicted octanol–water partition coefficient (Wildman–Crippen LogP) is 4.01. The van der Waals surface area contributed by atoms with Gasteiger partial charge < -0.3 is 20.0 Å². The lowest BCUT2D eigenvalue weighted by atomic mass is 10.2. The molecule has 0 saturated heterocycles. The van der Waals surface area contributed by atoms with Crippen molar-refractivity contribution in [2.45, 2.75) is 73.3 Å². The van der Waals surface area contributed by atoms with E-state index in [1.165, 1.54) is 0 Å². The van der Waals surface area contributed by atoms with Crippen LogP contribution < -0.4 is 16.4 Å². The summed E-state index contributed by atoms with van der Waals surface area (Å²) in [6.07, 6.45) is 1.32. The Labute approximate surface area is 281 Å². The van der Waals surface area contributed by atoms with E-state index in [4.69, 9.17) is 10.7 Å². The molecule has 6 rings (SSSR count). The summed E-state index contributed by atoms with van der Waals surface area (Å²) in [6.45, 7) is 9.36. The number of aliphatic hydroxyl groups is 1. The maximum absolute atomic E-state index is 13.4. The van der Waals surface area contributed by atoms with Gasteiger partial charge in [0.25, 0.3) is 11.8 Å². The van der Waals surface area contributed by atoms with Gasteiger partial charge >= 0.3 is 0 Å². The summed E-state index contributed by atoms with van der Waals surface area (Å²) >= 11 is 0. The van der Waals surface area contributed by atoms with Gasteiger partial charge in [0, 0.05) is 37.3 Å². The van der Waals surface area contributed by atoms with Crippen LogP contribution in [-0.2, 0) is 32.8 Å². The lowest BCUT2D eigenvalue weighted by molar-refractivity contribution is 0.0995. The molecule has 2 aromatic carbocycles. The quantitative estimate of drug-likeness (QED) is 0.133. The number of hydrogen-bond donors (Lipinski definition) is 4. The maximum atomic E-state index is 13.4. The lowest BCUT2D eigenvalue weighted by Gasteiger charge is -2.13. The summed E-state index contributed by atoms with van der Waals surface area (Å²) in [6, 6.07) is 14.1. The molecule has 0 aliphatic heterocycles. The number of fused-ring (bicyclic) bond motifs is 2. The van der Waals surface area contributed by atoms with E-state index in [2.05, 4.69) is 25.8 Å². The lowest BCUT2D eigenvalue weighted by Crippen LogP contribution is -2.20. The normalized spacial score (nSPS) is 11.4. The smallest absolute Gasteiger partial charge is 0.276 e. The van der Waals surface area contributed by atoms with Gasteiger partial charge in [-0.1, -0.05) is 12.1 Å². The third kappa shape index (κ3) is 6.52. The van der Waals surface area contributed by atoms with Crippen molar-refractivity contribution in [2.24, 2.45) is 5.73 Å². The highest BCUT2D eigenvalue weighted by Crippen LogP contribution is 2.26. The first-order valence-corrected chi connectivity index (χ1v) is 16.2. The SMILES string of the molecule is CCn1nc(C)cc1C(=O)Nc1nc2cc(C(N)=O)ccc2n1CCCCn1c(NC(=O)c2cc(C)nn2CC)nc2c(CO)cccc21. The van der Waals surface area contributed by atoms with Crippen LogP contribution in [0.4, 0.5) is 11.9 Å². The van der Waals surface area contributed by atoms with Crippen molar-refractivity contribution in [3.05, 3.63) is 82.4 Å². The number of aryl methyl sites for hydroxylation is 6. The van der Waals surface area contributed by atoms with Crippen molar-refractivity contribution in [3.63, 3.8) is 0 Å². The molecule has 3 amide bonds. The van der Waals surface area contributed by atoms with Crippen LogP contribution in [0.5, 0.6) is 0 Å². The number of anilines is 2.